The van der Waals surface area contributed by atoms with E-state index >= 15 is 0 Å². The Morgan fingerprint density at radius 2 is 1.83 bits per heavy atom. The Hall–Kier alpha value is -2.33. The van der Waals surface area contributed by atoms with E-state index in [9.17, 15) is 9.59 Å². The first-order valence-electron chi connectivity index (χ1n) is 7.44. The van der Waals surface area contributed by atoms with Gasteiger partial charge in [-0.05, 0) is 43.2 Å². The Labute approximate surface area is 140 Å². The predicted molar refractivity (Wildman–Crippen MR) is 92.8 cm³/mol. The number of anilines is 1. The van der Waals surface area contributed by atoms with Crippen molar-refractivity contribution in [3.8, 4) is 0 Å². The minimum absolute atomic E-state index is 0.262. The van der Waals surface area contributed by atoms with Crippen LogP contribution in [0.5, 0.6) is 0 Å². The lowest BCUT2D eigenvalue weighted by molar-refractivity contribution is -0.118. The number of aryl methyl sites for hydroxylation is 1. The van der Waals surface area contributed by atoms with Crippen molar-refractivity contribution >= 4 is 29.1 Å². The third kappa shape index (κ3) is 4.57. The van der Waals surface area contributed by atoms with Crippen LogP contribution in [0.1, 0.15) is 29.3 Å². The minimum Gasteiger partial charge on any atom is -0.340 e. The van der Waals surface area contributed by atoms with E-state index in [1.807, 2.05) is 26.0 Å². The Morgan fingerprint density at radius 3 is 2.48 bits per heavy atom. The summed E-state index contributed by atoms with van der Waals surface area (Å²) in [5.74, 6) is -0.530. The number of rotatable bonds is 5. The van der Waals surface area contributed by atoms with Gasteiger partial charge in [0, 0.05) is 16.3 Å². The van der Waals surface area contributed by atoms with Gasteiger partial charge in [-0.3, -0.25) is 9.59 Å². The summed E-state index contributed by atoms with van der Waals surface area (Å²) in [6.07, 6.45) is 0.490. The maximum absolute atomic E-state index is 12.4. The molecule has 2 aromatic rings. The quantitative estimate of drug-likeness (QED) is 0.876. The van der Waals surface area contributed by atoms with Crippen LogP contribution in [-0.4, -0.2) is 17.9 Å². The molecule has 0 aliphatic heterocycles. The molecule has 1 atom stereocenters. The van der Waals surface area contributed by atoms with Crippen LogP contribution in [0, 0.1) is 6.92 Å². The summed E-state index contributed by atoms with van der Waals surface area (Å²) in [4.78, 5) is 24.6. The van der Waals surface area contributed by atoms with Crippen LogP contribution in [0.4, 0.5) is 5.69 Å². The lowest BCUT2D eigenvalue weighted by atomic mass is 10.1. The van der Waals surface area contributed by atoms with E-state index in [2.05, 4.69) is 10.6 Å². The molecule has 0 radical (unpaired) electrons. The molecule has 2 amide bonds. The van der Waals surface area contributed by atoms with Crippen molar-refractivity contribution in [3.63, 3.8) is 0 Å². The van der Waals surface area contributed by atoms with Gasteiger partial charge in [-0.1, -0.05) is 42.8 Å². The van der Waals surface area contributed by atoms with Crippen LogP contribution >= 0.6 is 11.6 Å². The fourth-order valence-electron chi connectivity index (χ4n) is 2.13. The third-order valence-corrected chi connectivity index (χ3v) is 3.76. The van der Waals surface area contributed by atoms with Gasteiger partial charge in [-0.15, -0.1) is 0 Å². The number of hydrogen-bond donors (Lipinski definition) is 2. The molecule has 120 valence electrons. The second-order valence-corrected chi connectivity index (χ2v) is 5.69. The van der Waals surface area contributed by atoms with E-state index in [1.54, 1.807) is 36.4 Å². The minimum atomic E-state index is -0.610. The average molecular weight is 331 g/mol. The highest BCUT2D eigenvalue weighted by molar-refractivity contribution is 6.31. The number of benzene rings is 2. The maximum atomic E-state index is 12.4. The first-order chi connectivity index (χ1) is 11.0. The highest BCUT2D eigenvalue weighted by atomic mass is 35.5. The van der Waals surface area contributed by atoms with Crippen molar-refractivity contribution in [2.75, 3.05) is 5.32 Å². The highest BCUT2D eigenvalue weighted by Crippen LogP contribution is 2.20. The fraction of sp³-hybridized carbons (Fsp3) is 0.222. The normalized spacial score (nSPS) is 11.6. The van der Waals surface area contributed by atoms with Gasteiger partial charge in [0.15, 0.2) is 0 Å². The average Bonchev–Trinajstić information content (AvgIpc) is 2.56. The molecule has 2 N–H and O–H groups in total. The number of carbonyl (C=O) groups is 2. The van der Waals surface area contributed by atoms with Crippen molar-refractivity contribution in [1.29, 1.82) is 0 Å². The van der Waals surface area contributed by atoms with E-state index in [0.29, 0.717) is 22.7 Å². The Morgan fingerprint density at radius 1 is 1.13 bits per heavy atom. The molecule has 2 rings (SSSR count). The molecule has 0 aliphatic carbocycles. The lowest BCUT2D eigenvalue weighted by Gasteiger charge is -2.18. The van der Waals surface area contributed by atoms with Gasteiger partial charge in [0.1, 0.15) is 6.04 Å². The topological polar surface area (TPSA) is 58.2 Å². The molecule has 2 aromatic carbocycles. The summed E-state index contributed by atoms with van der Waals surface area (Å²) < 4.78 is 0. The largest absolute Gasteiger partial charge is 0.340 e. The van der Waals surface area contributed by atoms with Crippen LogP contribution in [0.25, 0.3) is 0 Å². The molecule has 4 nitrogen and oxygen atoms in total. The zero-order valence-electron chi connectivity index (χ0n) is 13.1. The van der Waals surface area contributed by atoms with Gasteiger partial charge in [0.2, 0.25) is 5.91 Å². The fourth-order valence-corrected chi connectivity index (χ4v) is 2.30. The Kier molecular flexibility index (Phi) is 5.77. The van der Waals surface area contributed by atoms with Crippen LogP contribution in [0.2, 0.25) is 5.02 Å². The highest BCUT2D eigenvalue weighted by Gasteiger charge is 2.20. The zero-order chi connectivity index (χ0) is 16.8. The Balaban J connectivity index is 2.07. The molecule has 23 heavy (non-hydrogen) atoms. The molecular formula is C18H19ClN2O2. The van der Waals surface area contributed by atoms with Gasteiger partial charge in [0.05, 0.1) is 0 Å². The van der Waals surface area contributed by atoms with Crippen LogP contribution in [0.3, 0.4) is 0 Å². The second-order valence-electron chi connectivity index (χ2n) is 5.25. The number of carbonyl (C=O) groups excluding carboxylic acids is 2. The van der Waals surface area contributed by atoms with Gasteiger partial charge < -0.3 is 10.6 Å². The summed E-state index contributed by atoms with van der Waals surface area (Å²) in [6.45, 7) is 3.73. The molecule has 0 aliphatic rings. The van der Waals surface area contributed by atoms with Gasteiger partial charge in [-0.25, -0.2) is 0 Å². The van der Waals surface area contributed by atoms with Gasteiger partial charge in [0.25, 0.3) is 5.91 Å². The third-order valence-electron chi connectivity index (χ3n) is 3.52. The summed E-state index contributed by atoms with van der Waals surface area (Å²) in [7, 11) is 0. The molecule has 1 unspecified atom stereocenters. The van der Waals surface area contributed by atoms with Crippen LogP contribution in [0.15, 0.2) is 48.5 Å². The van der Waals surface area contributed by atoms with E-state index < -0.39 is 6.04 Å². The summed E-state index contributed by atoms with van der Waals surface area (Å²) in [5.41, 5.74) is 2.08. The molecule has 0 fully saturated rings. The van der Waals surface area contributed by atoms with Gasteiger partial charge in [-0.2, -0.15) is 0 Å². The Bertz CT molecular complexity index is 701. The van der Waals surface area contributed by atoms with Crippen molar-refractivity contribution in [2.45, 2.75) is 26.3 Å². The van der Waals surface area contributed by atoms with E-state index in [4.69, 9.17) is 11.6 Å². The monoisotopic (exact) mass is 330 g/mol. The number of nitrogens with one attached hydrogen (secondary N) is 2. The van der Waals surface area contributed by atoms with Crippen molar-refractivity contribution < 1.29 is 9.59 Å². The number of hydrogen-bond acceptors (Lipinski definition) is 2. The van der Waals surface area contributed by atoms with Crippen LogP contribution < -0.4 is 10.6 Å². The van der Waals surface area contributed by atoms with E-state index in [-0.39, 0.29) is 11.8 Å². The molecule has 0 heterocycles. The number of halogens is 1. The summed E-state index contributed by atoms with van der Waals surface area (Å²) in [5, 5.41) is 6.12. The molecule has 0 spiro atoms. The second kappa shape index (κ2) is 7.79. The number of amides is 2. The van der Waals surface area contributed by atoms with Crippen LogP contribution in [-0.2, 0) is 4.79 Å². The predicted octanol–water partition coefficient (Wildman–Crippen LogP) is 3.80. The van der Waals surface area contributed by atoms with E-state index in [0.717, 1.165) is 5.56 Å². The van der Waals surface area contributed by atoms with E-state index in [1.165, 1.54) is 0 Å². The molecule has 0 saturated heterocycles. The first kappa shape index (κ1) is 17.0. The lowest BCUT2D eigenvalue weighted by Crippen LogP contribution is -2.43. The van der Waals surface area contributed by atoms with Gasteiger partial charge >= 0.3 is 0 Å². The molecule has 0 saturated carbocycles. The molecule has 0 bridgehead atoms. The van der Waals surface area contributed by atoms with Crippen molar-refractivity contribution in [1.82, 2.24) is 5.32 Å². The SMILES string of the molecule is CCC(NC(=O)c1ccccc1)C(=O)Nc1cc(Cl)ccc1C. The maximum Gasteiger partial charge on any atom is 0.251 e. The first-order valence-corrected chi connectivity index (χ1v) is 7.82. The van der Waals surface area contributed by atoms with Crippen molar-refractivity contribution in [3.05, 3.63) is 64.7 Å². The summed E-state index contributed by atoms with van der Waals surface area (Å²) >= 11 is 5.96. The van der Waals surface area contributed by atoms with Crippen molar-refractivity contribution in [2.24, 2.45) is 0 Å². The molecule has 5 heteroatoms. The smallest absolute Gasteiger partial charge is 0.251 e. The molecular weight excluding hydrogens is 312 g/mol. The standard InChI is InChI=1S/C18H19ClN2O2/c1-3-15(20-17(22)13-7-5-4-6-8-13)18(23)21-16-11-14(19)10-9-12(16)2/h4-11,15H,3H2,1-2H3,(H,20,22)(H,21,23). The summed E-state index contributed by atoms with van der Waals surface area (Å²) in [6, 6.07) is 13.5. The zero-order valence-corrected chi connectivity index (χ0v) is 13.9. The molecule has 0 aromatic heterocycles.